The second-order valence-corrected chi connectivity index (χ2v) is 5.89. The van der Waals surface area contributed by atoms with Crippen molar-refractivity contribution in [2.75, 3.05) is 12.8 Å². The number of nitrogen functional groups attached to an aromatic ring is 1. The minimum atomic E-state index is -0.607. The number of hydrogen-bond donors (Lipinski definition) is 2. The second-order valence-electron chi connectivity index (χ2n) is 5.89. The Morgan fingerprint density at radius 2 is 2.00 bits per heavy atom. The molecule has 0 saturated heterocycles. The Morgan fingerprint density at radius 1 is 1.43 bits per heavy atom. The van der Waals surface area contributed by atoms with Crippen molar-refractivity contribution in [2.45, 2.75) is 52.6 Å². The van der Waals surface area contributed by atoms with Crippen molar-refractivity contribution in [1.82, 2.24) is 14.9 Å². The minimum absolute atomic E-state index is 0.0461. The number of nitrogens with zero attached hydrogens (tertiary/aromatic N) is 2. The number of esters is 1. The fourth-order valence-corrected chi connectivity index (χ4v) is 2.01. The van der Waals surface area contributed by atoms with Crippen LogP contribution in [0.2, 0.25) is 0 Å². The lowest BCUT2D eigenvalue weighted by atomic mass is 10.1. The van der Waals surface area contributed by atoms with Crippen molar-refractivity contribution in [1.29, 1.82) is 0 Å². The van der Waals surface area contributed by atoms with Gasteiger partial charge in [-0.25, -0.2) is 9.78 Å². The molecule has 118 valence electrons. The number of carbonyl (C=O) groups is 2. The first-order chi connectivity index (χ1) is 9.62. The molecule has 7 heteroatoms. The molecule has 21 heavy (non-hydrogen) atoms. The third-order valence-corrected chi connectivity index (χ3v) is 2.98. The maximum Gasteiger partial charge on any atom is 0.360 e. The van der Waals surface area contributed by atoms with Crippen molar-refractivity contribution in [3.05, 3.63) is 11.5 Å². The van der Waals surface area contributed by atoms with Crippen molar-refractivity contribution < 1.29 is 14.3 Å². The van der Waals surface area contributed by atoms with Gasteiger partial charge in [-0.15, -0.1) is 0 Å². The average Bonchev–Trinajstić information content (AvgIpc) is 2.71. The summed E-state index contributed by atoms with van der Waals surface area (Å²) in [5, 5.41) is 2.89. The number of hydrogen-bond acceptors (Lipinski definition) is 5. The summed E-state index contributed by atoms with van der Waals surface area (Å²) in [6.07, 6.45) is 0.550. The predicted molar refractivity (Wildman–Crippen MR) is 80.0 cm³/mol. The fourth-order valence-electron chi connectivity index (χ4n) is 2.01. The van der Waals surface area contributed by atoms with E-state index in [0.29, 0.717) is 12.2 Å². The first-order valence-corrected chi connectivity index (χ1v) is 6.89. The largest absolute Gasteiger partial charge is 0.464 e. The molecule has 0 aliphatic heterocycles. The van der Waals surface area contributed by atoms with Crippen LogP contribution in [0.25, 0.3) is 0 Å². The van der Waals surface area contributed by atoms with E-state index in [4.69, 9.17) is 5.73 Å². The number of nitrogens with one attached hydrogen (secondary N) is 1. The molecular formula is C14H24N4O3. The van der Waals surface area contributed by atoms with Gasteiger partial charge in [-0.2, -0.15) is 0 Å². The summed E-state index contributed by atoms with van der Waals surface area (Å²) >= 11 is 0. The lowest BCUT2D eigenvalue weighted by molar-refractivity contribution is -0.125. The van der Waals surface area contributed by atoms with Gasteiger partial charge in [0.2, 0.25) is 5.91 Å². The Bertz CT molecular complexity index is 543. The third-order valence-electron chi connectivity index (χ3n) is 2.98. The number of carbonyl (C=O) groups excluding carboxylic acids is 2. The van der Waals surface area contributed by atoms with E-state index in [1.54, 1.807) is 11.5 Å². The number of methoxy groups -OCH3 is 1. The number of imidazole rings is 1. The van der Waals surface area contributed by atoms with Crippen LogP contribution in [0.1, 0.15) is 57.0 Å². The van der Waals surface area contributed by atoms with E-state index in [1.165, 1.54) is 7.11 Å². The maximum absolute atomic E-state index is 12.3. The molecule has 0 aliphatic carbocycles. The molecule has 7 nitrogen and oxygen atoms in total. The Hall–Kier alpha value is -2.05. The highest BCUT2D eigenvalue weighted by atomic mass is 16.5. The van der Waals surface area contributed by atoms with E-state index in [9.17, 15) is 9.59 Å². The number of aromatic nitrogens is 2. The summed E-state index contributed by atoms with van der Waals surface area (Å²) in [5.74, 6) is -0.0678. The molecule has 0 bridgehead atoms. The zero-order valence-corrected chi connectivity index (χ0v) is 13.5. The standard InChI is InChI=1S/C14H24N4O3/c1-7-9-16-10(13(20)21-6)11(15)18(9)8(2)12(19)17-14(3,4)5/h8H,7,15H2,1-6H3,(H,17,19). The van der Waals surface area contributed by atoms with Crippen LogP contribution < -0.4 is 11.1 Å². The number of amides is 1. The van der Waals surface area contributed by atoms with Crippen LogP contribution in [0.15, 0.2) is 0 Å². The third kappa shape index (κ3) is 3.74. The molecule has 1 amide bonds. The van der Waals surface area contributed by atoms with Crippen LogP contribution >= 0.6 is 0 Å². The summed E-state index contributed by atoms with van der Waals surface area (Å²) in [4.78, 5) is 28.1. The Morgan fingerprint density at radius 3 is 2.43 bits per heavy atom. The van der Waals surface area contributed by atoms with Gasteiger partial charge < -0.3 is 20.4 Å². The highest BCUT2D eigenvalue weighted by Crippen LogP contribution is 2.22. The van der Waals surface area contributed by atoms with Crippen molar-refractivity contribution in [3.63, 3.8) is 0 Å². The van der Waals surface area contributed by atoms with Gasteiger partial charge in [0.05, 0.1) is 7.11 Å². The molecule has 1 unspecified atom stereocenters. The molecule has 0 aliphatic rings. The maximum atomic E-state index is 12.3. The van der Waals surface area contributed by atoms with Crippen LogP contribution in [0.3, 0.4) is 0 Å². The molecule has 0 spiro atoms. The average molecular weight is 296 g/mol. The fraction of sp³-hybridized carbons (Fsp3) is 0.643. The zero-order valence-electron chi connectivity index (χ0n) is 13.5. The lowest BCUT2D eigenvalue weighted by Gasteiger charge is -2.25. The number of anilines is 1. The van der Waals surface area contributed by atoms with E-state index in [0.717, 1.165) is 0 Å². The highest BCUT2D eigenvalue weighted by Gasteiger charge is 2.27. The molecule has 0 fully saturated rings. The molecule has 3 N–H and O–H groups in total. The number of nitrogens with two attached hydrogens (primary N) is 1. The Kier molecular flexibility index (Phi) is 4.98. The van der Waals surface area contributed by atoms with Gasteiger partial charge in [0.25, 0.3) is 0 Å². The second kappa shape index (κ2) is 6.15. The van der Waals surface area contributed by atoms with E-state index in [1.807, 2.05) is 27.7 Å². The van der Waals surface area contributed by atoms with Gasteiger partial charge in [0.15, 0.2) is 5.69 Å². The van der Waals surface area contributed by atoms with Gasteiger partial charge in [0.1, 0.15) is 17.7 Å². The topological polar surface area (TPSA) is 99.2 Å². The van der Waals surface area contributed by atoms with Crippen LogP contribution in [-0.4, -0.2) is 34.1 Å². The van der Waals surface area contributed by atoms with E-state index in [-0.39, 0.29) is 23.0 Å². The van der Waals surface area contributed by atoms with Gasteiger partial charge in [-0.1, -0.05) is 6.92 Å². The quantitative estimate of drug-likeness (QED) is 0.816. The Labute approximate surface area is 124 Å². The van der Waals surface area contributed by atoms with Gasteiger partial charge in [-0.05, 0) is 27.7 Å². The van der Waals surface area contributed by atoms with E-state index >= 15 is 0 Å². The summed E-state index contributed by atoms with van der Waals surface area (Å²) in [6.45, 7) is 9.30. The van der Waals surface area contributed by atoms with E-state index in [2.05, 4.69) is 15.0 Å². The molecule has 1 heterocycles. The number of rotatable bonds is 4. The molecule has 0 aromatic carbocycles. The van der Waals surface area contributed by atoms with Crippen LogP contribution in [0.4, 0.5) is 5.82 Å². The van der Waals surface area contributed by atoms with E-state index < -0.39 is 12.0 Å². The van der Waals surface area contributed by atoms with Gasteiger partial charge in [-0.3, -0.25) is 4.79 Å². The lowest BCUT2D eigenvalue weighted by Crippen LogP contribution is -2.44. The molecule has 0 saturated carbocycles. The van der Waals surface area contributed by atoms with Crippen molar-refractivity contribution >= 4 is 17.7 Å². The summed E-state index contributed by atoms with van der Waals surface area (Å²) in [5.41, 5.74) is 5.68. The highest BCUT2D eigenvalue weighted by molar-refractivity contribution is 5.93. The van der Waals surface area contributed by atoms with Crippen molar-refractivity contribution in [3.8, 4) is 0 Å². The van der Waals surface area contributed by atoms with Crippen LogP contribution in [0.5, 0.6) is 0 Å². The summed E-state index contributed by atoms with van der Waals surface area (Å²) in [6, 6.07) is -0.565. The molecule has 1 aromatic heterocycles. The molecule has 1 atom stereocenters. The number of ether oxygens (including phenoxy) is 1. The minimum Gasteiger partial charge on any atom is -0.464 e. The summed E-state index contributed by atoms with van der Waals surface area (Å²) < 4.78 is 6.23. The SMILES string of the molecule is CCc1nc(C(=O)OC)c(N)n1C(C)C(=O)NC(C)(C)C. The van der Waals surface area contributed by atoms with Gasteiger partial charge >= 0.3 is 5.97 Å². The molecule has 1 aromatic rings. The molecule has 0 radical (unpaired) electrons. The monoisotopic (exact) mass is 296 g/mol. The predicted octanol–water partition coefficient (Wildman–Crippen LogP) is 1.29. The molecular weight excluding hydrogens is 272 g/mol. The summed E-state index contributed by atoms with van der Waals surface area (Å²) in [7, 11) is 1.27. The first kappa shape index (κ1) is 17.0. The zero-order chi connectivity index (χ0) is 16.4. The number of aryl methyl sites for hydroxylation is 1. The van der Waals surface area contributed by atoms with Crippen LogP contribution in [0, 0.1) is 0 Å². The van der Waals surface area contributed by atoms with Gasteiger partial charge in [0, 0.05) is 12.0 Å². The normalized spacial score (nSPS) is 12.9. The Balaban J connectivity index is 3.20. The first-order valence-electron chi connectivity index (χ1n) is 6.89. The van der Waals surface area contributed by atoms with Crippen molar-refractivity contribution in [2.24, 2.45) is 0 Å². The van der Waals surface area contributed by atoms with Crippen LogP contribution in [-0.2, 0) is 16.0 Å². The molecule has 1 rings (SSSR count). The smallest absolute Gasteiger partial charge is 0.360 e.